The summed E-state index contributed by atoms with van der Waals surface area (Å²) in [4.78, 5) is 28.9. The normalized spacial score (nSPS) is 10.8. The maximum atomic E-state index is 12.6. The lowest BCUT2D eigenvalue weighted by atomic mass is 10.0. The van der Waals surface area contributed by atoms with Crippen molar-refractivity contribution < 1.29 is 9.72 Å². The Balaban J connectivity index is 1.73. The van der Waals surface area contributed by atoms with Crippen molar-refractivity contribution in [2.45, 2.75) is 13.8 Å². The van der Waals surface area contributed by atoms with Gasteiger partial charge in [-0.25, -0.2) is 4.98 Å². The number of rotatable bonds is 5. The molecule has 4 rings (SSSR count). The number of hydrogen-bond acceptors (Lipinski definition) is 6. The smallest absolute Gasteiger partial charge is 0.297 e. The fourth-order valence-corrected chi connectivity index (χ4v) is 4.91. The highest BCUT2D eigenvalue weighted by molar-refractivity contribution is 9.10. The topological polar surface area (TPSA) is 85.1 Å². The molecule has 9 heteroatoms. The average Bonchev–Trinajstić information content (AvgIpc) is 3.38. The second-order valence-electron chi connectivity index (χ2n) is 6.88. The summed E-state index contributed by atoms with van der Waals surface area (Å²) in [5.41, 5.74) is 4.97. The standard InChI is InChI=1S/C22H16BrN3O3S2/c1-12-3-5-14(6-4-12)19-20(15-7-8-16(23)13(2)11-15)31-22(24-19)25-21(27)17-9-10-18(30-17)26(28)29/h3-11H,1-2H3,(H,24,25,27). The Bertz CT molecular complexity index is 1300. The summed E-state index contributed by atoms with van der Waals surface area (Å²) in [6.07, 6.45) is 0. The number of carbonyl (C=O) groups excluding carboxylic acids is 1. The number of benzene rings is 2. The maximum absolute atomic E-state index is 12.6. The summed E-state index contributed by atoms with van der Waals surface area (Å²) in [5, 5.41) is 14.1. The van der Waals surface area contributed by atoms with Gasteiger partial charge in [0.2, 0.25) is 0 Å². The fourth-order valence-electron chi connectivity index (χ4n) is 2.97. The zero-order chi connectivity index (χ0) is 22.1. The van der Waals surface area contributed by atoms with E-state index in [1.807, 2.05) is 50.2 Å². The van der Waals surface area contributed by atoms with Crippen LogP contribution in [-0.2, 0) is 0 Å². The van der Waals surface area contributed by atoms with E-state index in [1.54, 1.807) is 0 Å². The van der Waals surface area contributed by atoms with E-state index < -0.39 is 10.8 Å². The summed E-state index contributed by atoms with van der Waals surface area (Å²) in [6, 6.07) is 16.9. The molecule has 0 aliphatic heterocycles. The van der Waals surface area contributed by atoms with Crippen LogP contribution in [0, 0.1) is 24.0 Å². The van der Waals surface area contributed by atoms with Gasteiger partial charge in [-0.15, -0.1) is 0 Å². The third-order valence-corrected chi connectivity index (χ3v) is 7.53. The van der Waals surface area contributed by atoms with E-state index in [0.29, 0.717) is 5.13 Å². The van der Waals surface area contributed by atoms with Crippen molar-refractivity contribution in [2.75, 3.05) is 5.32 Å². The lowest BCUT2D eigenvalue weighted by Gasteiger charge is -2.05. The molecule has 0 spiro atoms. The van der Waals surface area contributed by atoms with Gasteiger partial charge < -0.3 is 0 Å². The molecule has 2 aromatic carbocycles. The van der Waals surface area contributed by atoms with Crippen LogP contribution in [-0.4, -0.2) is 15.8 Å². The van der Waals surface area contributed by atoms with Crippen molar-refractivity contribution >= 4 is 54.6 Å². The van der Waals surface area contributed by atoms with Crippen LogP contribution in [0.5, 0.6) is 0 Å². The molecule has 4 aromatic rings. The van der Waals surface area contributed by atoms with Gasteiger partial charge in [-0.2, -0.15) is 0 Å². The average molecular weight is 514 g/mol. The van der Waals surface area contributed by atoms with Gasteiger partial charge in [0, 0.05) is 16.1 Å². The minimum Gasteiger partial charge on any atom is -0.297 e. The number of aromatic nitrogens is 1. The zero-order valence-electron chi connectivity index (χ0n) is 16.5. The number of carbonyl (C=O) groups is 1. The first kappa shape index (κ1) is 21.4. The van der Waals surface area contributed by atoms with Crippen molar-refractivity contribution in [1.82, 2.24) is 4.98 Å². The van der Waals surface area contributed by atoms with Crippen molar-refractivity contribution in [3.63, 3.8) is 0 Å². The van der Waals surface area contributed by atoms with Crippen LogP contribution in [0.4, 0.5) is 10.1 Å². The van der Waals surface area contributed by atoms with Crippen LogP contribution in [0.3, 0.4) is 0 Å². The fraction of sp³-hybridized carbons (Fsp3) is 0.0909. The predicted molar refractivity (Wildman–Crippen MR) is 129 cm³/mol. The second kappa shape index (κ2) is 8.70. The Morgan fingerprint density at radius 2 is 1.74 bits per heavy atom. The summed E-state index contributed by atoms with van der Waals surface area (Å²) in [5.74, 6) is -0.416. The monoisotopic (exact) mass is 513 g/mol. The molecule has 0 fully saturated rings. The highest BCUT2D eigenvalue weighted by Gasteiger charge is 2.20. The van der Waals surface area contributed by atoms with E-state index in [4.69, 9.17) is 4.98 Å². The van der Waals surface area contributed by atoms with E-state index in [1.165, 1.54) is 23.5 Å². The Labute approximate surface area is 194 Å². The number of amides is 1. The summed E-state index contributed by atoms with van der Waals surface area (Å²) < 4.78 is 1.02. The van der Waals surface area contributed by atoms with E-state index in [9.17, 15) is 14.9 Å². The lowest BCUT2D eigenvalue weighted by Crippen LogP contribution is -2.09. The summed E-state index contributed by atoms with van der Waals surface area (Å²) >= 11 is 5.75. The molecule has 31 heavy (non-hydrogen) atoms. The van der Waals surface area contributed by atoms with Gasteiger partial charge in [-0.05, 0) is 43.2 Å². The molecule has 1 N–H and O–H groups in total. The lowest BCUT2D eigenvalue weighted by molar-refractivity contribution is -0.380. The minimum atomic E-state index is -0.506. The molecule has 0 saturated carbocycles. The third kappa shape index (κ3) is 4.58. The molecule has 0 unspecified atom stereocenters. The third-order valence-electron chi connectivity index (χ3n) is 4.59. The van der Waals surface area contributed by atoms with Crippen LogP contribution in [0.15, 0.2) is 59.1 Å². The van der Waals surface area contributed by atoms with E-state index >= 15 is 0 Å². The maximum Gasteiger partial charge on any atom is 0.324 e. The molecular formula is C22H16BrN3O3S2. The molecule has 0 atom stereocenters. The second-order valence-corrected chi connectivity index (χ2v) is 9.79. The number of nitrogens with zero attached hydrogens (tertiary/aromatic N) is 2. The number of halogens is 1. The number of aryl methyl sites for hydroxylation is 2. The van der Waals surface area contributed by atoms with Crippen LogP contribution >= 0.6 is 38.6 Å². The van der Waals surface area contributed by atoms with Crippen LogP contribution in [0.25, 0.3) is 21.7 Å². The van der Waals surface area contributed by atoms with Crippen molar-refractivity contribution in [3.8, 4) is 21.7 Å². The van der Waals surface area contributed by atoms with Crippen molar-refractivity contribution in [2.24, 2.45) is 0 Å². The summed E-state index contributed by atoms with van der Waals surface area (Å²) in [7, 11) is 0. The number of nitrogens with one attached hydrogen (secondary N) is 1. The van der Waals surface area contributed by atoms with Gasteiger partial charge in [0.1, 0.15) is 0 Å². The first-order valence-corrected chi connectivity index (χ1v) is 11.6. The van der Waals surface area contributed by atoms with Gasteiger partial charge >= 0.3 is 5.00 Å². The zero-order valence-corrected chi connectivity index (χ0v) is 19.7. The quantitative estimate of drug-likeness (QED) is 0.228. The Morgan fingerprint density at radius 3 is 2.39 bits per heavy atom. The van der Waals surface area contributed by atoms with Crippen LogP contribution < -0.4 is 5.32 Å². The van der Waals surface area contributed by atoms with Gasteiger partial charge in [0.25, 0.3) is 5.91 Å². The number of nitro groups is 1. The Morgan fingerprint density at radius 1 is 1.03 bits per heavy atom. The number of thiazole rings is 1. The molecule has 0 bridgehead atoms. The molecule has 0 aliphatic rings. The molecule has 0 radical (unpaired) electrons. The van der Waals surface area contributed by atoms with E-state index in [2.05, 4.69) is 27.3 Å². The van der Waals surface area contributed by atoms with Crippen molar-refractivity contribution in [3.05, 3.63) is 85.2 Å². The largest absolute Gasteiger partial charge is 0.324 e. The molecule has 0 saturated heterocycles. The molecule has 6 nitrogen and oxygen atoms in total. The van der Waals surface area contributed by atoms with Gasteiger partial charge in [-0.1, -0.05) is 74.5 Å². The first-order valence-electron chi connectivity index (χ1n) is 9.22. The van der Waals surface area contributed by atoms with E-state index in [0.717, 1.165) is 48.6 Å². The number of anilines is 1. The molecular weight excluding hydrogens is 498 g/mol. The summed E-state index contributed by atoms with van der Waals surface area (Å²) in [6.45, 7) is 4.04. The first-order chi connectivity index (χ1) is 14.8. The highest BCUT2D eigenvalue weighted by atomic mass is 79.9. The Hall–Kier alpha value is -2.88. The molecule has 156 valence electrons. The molecule has 0 aliphatic carbocycles. The number of thiophene rings is 1. The minimum absolute atomic E-state index is 0.0735. The van der Waals surface area contributed by atoms with Gasteiger partial charge in [-0.3, -0.25) is 20.2 Å². The molecule has 2 heterocycles. The SMILES string of the molecule is Cc1ccc(-c2nc(NC(=O)c3ccc([N+](=O)[O-])s3)sc2-c2ccc(Br)c(C)c2)cc1. The van der Waals surface area contributed by atoms with Crippen molar-refractivity contribution in [1.29, 1.82) is 0 Å². The Kier molecular flexibility index (Phi) is 5.99. The predicted octanol–water partition coefficient (Wildman–Crippen LogP) is 7.08. The van der Waals surface area contributed by atoms with Gasteiger partial charge in [0.05, 0.1) is 20.4 Å². The molecule has 2 aromatic heterocycles. The molecule has 1 amide bonds. The van der Waals surface area contributed by atoms with Crippen LogP contribution in [0.2, 0.25) is 0 Å². The van der Waals surface area contributed by atoms with Gasteiger partial charge in [0.15, 0.2) is 5.13 Å². The highest BCUT2D eigenvalue weighted by Crippen LogP contribution is 2.40. The number of hydrogen-bond donors (Lipinski definition) is 1. The van der Waals surface area contributed by atoms with Crippen LogP contribution in [0.1, 0.15) is 20.8 Å². The van der Waals surface area contributed by atoms with E-state index in [-0.39, 0.29) is 9.88 Å².